The van der Waals surface area contributed by atoms with Crippen LogP contribution in [0.1, 0.15) is 11.1 Å². The van der Waals surface area contributed by atoms with Gasteiger partial charge in [0.25, 0.3) is 0 Å². The van der Waals surface area contributed by atoms with E-state index >= 15 is 0 Å². The van der Waals surface area contributed by atoms with Crippen LogP contribution in [-0.2, 0) is 0 Å². The highest BCUT2D eigenvalue weighted by Gasteiger charge is 2.20. The number of aryl methyl sites for hydroxylation is 2. The van der Waals surface area contributed by atoms with E-state index in [2.05, 4.69) is 47.2 Å². The summed E-state index contributed by atoms with van der Waals surface area (Å²) in [7, 11) is 0. The van der Waals surface area contributed by atoms with Crippen molar-refractivity contribution in [2.45, 2.75) is 13.8 Å². The maximum Gasteiger partial charge on any atom is 0.173 e. The van der Waals surface area contributed by atoms with Crippen molar-refractivity contribution in [3.63, 3.8) is 0 Å². The van der Waals surface area contributed by atoms with E-state index in [4.69, 9.17) is 12.2 Å². The van der Waals surface area contributed by atoms with Gasteiger partial charge in [-0.1, -0.05) is 17.7 Å². The molecule has 1 fully saturated rings. The highest BCUT2D eigenvalue weighted by Crippen LogP contribution is 2.22. The molecular formula is C19H22FN3S. The molecule has 0 radical (unpaired) electrons. The quantitative estimate of drug-likeness (QED) is 0.832. The Bertz CT molecular complexity index is 722. The van der Waals surface area contributed by atoms with Gasteiger partial charge in [0.1, 0.15) is 5.82 Å². The first-order chi connectivity index (χ1) is 11.5. The zero-order valence-corrected chi connectivity index (χ0v) is 14.9. The Morgan fingerprint density at radius 3 is 2.29 bits per heavy atom. The molecule has 1 aliphatic rings. The second-order valence-corrected chi connectivity index (χ2v) is 6.59. The topological polar surface area (TPSA) is 18.5 Å². The lowest BCUT2D eigenvalue weighted by Gasteiger charge is -2.38. The first kappa shape index (κ1) is 16.7. The summed E-state index contributed by atoms with van der Waals surface area (Å²) < 4.78 is 13.0. The Morgan fingerprint density at radius 1 is 1.00 bits per heavy atom. The minimum atomic E-state index is -0.242. The third-order valence-corrected chi connectivity index (χ3v) is 4.72. The van der Waals surface area contributed by atoms with Crippen LogP contribution in [0.2, 0.25) is 0 Å². The number of hydrogen-bond donors (Lipinski definition) is 1. The van der Waals surface area contributed by atoms with Gasteiger partial charge in [0.05, 0.1) is 0 Å². The number of anilines is 2. The number of nitrogens with one attached hydrogen (secondary N) is 1. The SMILES string of the molecule is Cc1ccc(N2CCN(C(=S)Nc3ccc(F)cc3)CC2)c(C)c1. The molecule has 0 aromatic heterocycles. The predicted molar refractivity (Wildman–Crippen MR) is 102 cm³/mol. The van der Waals surface area contributed by atoms with Gasteiger partial charge in [-0.25, -0.2) is 4.39 Å². The normalized spacial score (nSPS) is 14.6. The fourth-order valence-corrected chi connectivity index (χ4v) is 3.35. The fourth-order valence-electron chi connectivity index (χ4n) is 3.05. The molecule has 126 valence electrons. The molecule has 0 amide bonds. The largest absolute Gasteiger partial charge is 0.368 e. The van der Waals surface area contributed by atoms with Crippen LogP contribution in [0.5, 0.6) is 0 Å². The summed E-state index contributed by atoms with van der Waals surface area (Å²) in [6.07, 6.45) is 0. The molecule has 0 spiro atoms. The van der Waals surface area contributed by atoms with Crippen LogP contribution in [0.3, 0.4) is 0 Å². The van der Waals surface area contributed by atoms with Crippen molar-refractivity contribution in [1.29, 1.82) is 0 Å². The van der Waals surface area contributed by atoms with E-state index in [-0.39, 0.29) is 5.82 Å². The summed E-state index contributed by atoms with van der Waals surface area (Å²) in [5.74, 6) is -0.242. The van der Waals surface area contributed by atoms with Crippen molar-refractivity contribution in [3.8, 4) is 0 Å². The van der Waals surface area contributed by atoms with E-state index in [0.717, 1.165) is 31.9 Å². The summed E-state index contributed by atoms with van der Waals surface area (Å²) in [4.78, 5) is 4.57. The Hall–Kier alpha value is -2.14. The van der Waals surface area contributed by atoms with Crippen molar-refractivity contribution in [2.24, 2.45) is 0 Å². The summed E-state index contributed by atoms with van der Waals surface area (Å²) in [5, 5.41) is 3.88. The zero-order chi connectivity index (χ0) is 17.1. The first-order valence-corrected chi connectivity index (χ1v) is 8.57. The molecule has 1 heterocycles. The first-order valence-electron chi connectivity index (χ1n) is 8.16. The summed E-state index contributed by atoms with van der Waals surface area (Å²) in [5.41, 5.74) is 4.73. The van der Waals surface area contributed by atoms with Gasteiger partial charge in [-0.2, -0.15) is 0 Å². The van der Waals surface area contributed by atoms with Gasteiger partial charge in [0, 0.05) is 37.6 Å². The van der Waals surface area contributed by atoms with Gasteiger partial charge in [-0.15, -0.1) is 0 Å². The van der Waals surface area contributed by atoms with Crippen molar-refractivity contribution in [3.05, 3.63) is 59.4 Å². The van der Waals surface area contributed by atoms with Crippen molar-refractivity contribution >= 4 is 28.7 Å². The molecule has 3 rings (SSSR count). The predicted octanol–water partition coefficient (Wildman–Crippen LogP) is 3.96. The minimum Gasteiger partial charge on any atom is -0.368 e. The van der Waals surface area contributed by atoms with Gasteiger partial charge >= 0.3 is 0 Å². The van der Waals surface area contributed by atoms with Crippen LogP contribution in [0.25, 0.3) is 0 Å². The Labute approximate surface area is 148 Å². The molecule has 3 nitrogen and oxygen atoms in total. The third kappa shape index (κ3) is 3.85. The highest BCUT2D eigenvalue weighted by molar-refractivity contribution is 7.80. The number of halogens is 1. The number of thiocarbonyl (C=S) groups is 1. The second-order valence-electron chi connectivity index (χ2n) is 6.20. The Balaban J connectivity index is 1.58. The average molecular weight is 343 g/mol. The van der Waals surface area contributed by atoms with Gasteiger partial charge in [0.2, 0.25) is 0 Å². The van der Waals surface area contributed by atoms with Crippen LogP contribution >= 0.6 is 12.2 Å². The lowest BCUT2D eigenvalue weighted by molar-refractivity contribution is 0.390. The van der Waals surface area contributed by atoms with Crippen LogP contribution in [0.15, 0.2) is 42.5 Å². The number of rotatable bonds is 2. The number of benzene rings is 2. The lowest BCUT2D eigenvalue weighted by atomic mass is 10.1. The number of piperazine rings is 1. The van der Waals surface area contributed by atoms with E-state index in [9.17, 15) is 4.39 Å². The molecule has 5 heteroatoms. The molecule has 1 saturated heterocycles. The third-order valence-electron chi connectivity index (χ3n) is 4.36. The fraction of sp³-hybridized carbons (Fsp3) is 0.316. The van der Waals surface area contributed by atoms with Crippen LogP contribution in [0.4, 0.5) is 15.8 Å². The zero-order valence-electron chi connectivity index (χ0n) is 14.1. The van der Waals surface area contributed by atoms with Crippen LogP contribution in [-0.4, -0.2) is 36.2 Å². The number of nitrogens with zero attached hydrogens (tertiary/aromatic N) is 2. The molecule has 24 heavy (non-hydrogen) atoms. The van der Waals surface area contributed by atoms with E-state index in [1.54, 1.807) is 12.1 Å². The molecule has 1 N–H and O–H groups in total. The second kappa shape index (κ2) is 7.18. The van der Waals surface area contributed by atoms with E-state index in [1.165, 1.54) is 28.9 Å². The molecule has 1 aliphatic heterocycles. The van der Waals surface area contributed by atoms with Gasteiger partial charge < -0.3 is 15.1 Å². The molecule has 0 bridgehead atoms. The standard InChI is InChI=1S/C19H22FN3S/c1-14-3-8-18(15(2)13-14)22-9-11-23(12-10-22)19(24)21-17-6-4-16(20)5-7-17/h3-8,13H,9-12H2,1-2H3,(H,21,24). The summed E-state index contributed by atoms with van der Waals surface area (Å²) in [6.45, 7) is 7.91. The van der Waals surface area contributed by atoms with Gasteiger partial charge in [0.15, 0.2) is 5.11 Å². The molecule has 2 aromatic carbocycles. The number of hydrogen-bond acceptors (Lipinski definition) is 2. The smallest absolute Gasteiger partial charge is 0.173 e. The van der Waals surface area contributed by atoms with E-state index in [1.807, 2.05) is 0 Å². The molecule has 0 atom stereocenters. The minimum absolute atomic E-state index is 0.242. The maximum atomic E-state index is 13.0. The molecule has 2 aromatic rings. The average Bonchev–Trinajstić information content (AvgIpc) is 2.57. The Kier molecular flexibility index (Phi) is 5.00. The van der Waals surface area contributed by atoms with Crippen molar-refractivity contribution < 1.29 is 4.39 Å². The van der Waals surface area contributed by atoms with Crippen LogP contribution < -0.4 is 10.2 Å². The molecule has 0 saturated carbocycles. The van der Waals surface area contributed by atoms with E-state index in [0.29, 0.717) is 5.11 Å². The Morgan fingerprint density at radius 2 is 1.67 bits per heavy atom. The van der Waals surface area contributed by atoms with Gasteiger partial charge in [-0.3, -0.25) is 0 Å². The highest BCUT2D eigenvalue weighted by atomic mass is 32.1. The molecular weight excluding hydrogens is 321 g/mol. The van der Waals surface area contributed by atoms with E-state index < -0.39 is 0 Å². The summed E-state index contributed by atoms with van der Waals surface area (Å²) in [6, 6.07) is 12.9. The van der Waals surface area contributed by atoms with Gasteiger partial charge in [-0.05, 0) is 62.0 Å². The molecule has 0 unspecified atom stereocenters. The summed E-state index contributed by atoms with van der Waals surface area (Å²) >= 11 is 5.49. The maximum absolute atomic E-state index is 13.0. The van der Waals surface area contributed by atoms with Crippen LogP contribution in [0, 0.1) is 19.7 Å². The van der Waals surface area contributed by atoms with Crippen molar-refractivity contribution in [2.75, 3.05) is 36.4 Å². The van der Waals surface area contributed by atoms with Crippen molar-refractivity contribution in [1.82, 2.24) is 4.90 Å². The lowest BCUT2D eigenvalue weighted by Crippen LogP contribution is -2.50. The molecule has 0 aliphatic carbocycles. The monoisotopic (exact) mass is 343 g/mol.